The van der Waals surface area contributed by atoms with Crippen LogP contribution in [0.1, 0.15) is 19.5 Å². The molecule has 96 valence electrons. The summed E-state index contributed by atoms with van der Waals surface area (Å²) in [6, 6.07) is 0.262. The highest BCUT2D eigenvalue weighted by atomic mass is 35.5. The predicted molar refractivity (Wildman–Crippen MR) is 70.5 cm³/mol. The number of methoxy groups -OCH3 is 1. The highest BCUT2D eigenvalue weighted by Crippen LogP contribution is 2.25. The van der Waals surface area contributed by atoms with Crippen LogP contribution in [0.15, 0.2) is 0 Å². The van der Waals surface area contributed by atoms with Crippen molar-refractivity contribution in [3.8, 4) is 0 Å². The zero-order valence-corrected chi connectivity index (χ0v) is 11.5. The van der Waals surface area contributed by atoms with Gasteiger partial charge in [0.05, 0.1) is 18.0 Å². The van der Waals surface area contributed by atoms with E-state index in [1.807, 2.05) is 6.92 Å². The number of hydrogen-bond acceptors (Lipinski definition) is 5. The SMILES string of the molecule is COCCN(c1nc(Cl)nc(C)c1N)C(C)C. The molecule has 17 heavy (non-hydrogen) atoms. The fraction of sp³-hybridized carbons (Fsp3) is 0.636. The molecule has 0 fully saturated rings. The number of halogens is 1. The Hall–Kier alpha value is -1.07. The zero-order valence-electron chi connectivity index (χ0n) is 10.7. The van der Waals surface area contributed by atoms with Gasteiger partial charge >= 0.3 is 0 Å². The smallest absolute Gasteiger partial charge is 0.224 e. The Morgan fingerprint density at radius 3 is 2.59 bits per heavy atom. The van der Waals surface area contributed by atoms with E-state index in [9.17, 15) is 0 Å². The number of hydrogen-bond donors (Lipinski definition) is 1. The minimum absolute atomic E-state index is 0.217. The van der Waals surface area contributed by atoms with Crippen LogP contribution in [0.5, 0.6) is 0 Å². The first kappa shape index (κ1) is 14.0. The third-order valence-electron chi connectivity index (χ3n) is 2.52. The van der Waals surface area contributed by atoms with Crippen LogP contribution in [-0.4, -0.2) is 36.3 Å². The molecule has 0 saturated carbocycles. The lowest BCUT2D eigenvalue weighted by molar-refractivity contribution is 0.203. The fourth-order valence-electron chi connectivity index (χ4n) is 1.55. The number of rotatable bonds is 5. The molecule has 1 aromatic heterocycles. The van der Waals surface area contributed by atoms with E-state index in [2.05, 4.69) is 28.7 Å². The van der Waals surface area contributed by atoms with Crippen molar-refractivity contribution in [1.29, 1.82) is 0 Å². The summed E-state index contributed by atoms with van der Waals surface area (Å²) in [6.07, 6.45) is 0. The number of nitrogen functional groups attached to an aromatic ring is 1. The van der Waals surface area contributed by atoms with E-state index in [1.165, 1.54) is 0 Å². The van der Waals surface area contributed by atoms with E-state index in [1.54, 1.807) is 7.11 Å². The third kappa shape index (κ3) is 3.44. The van der Waals surface area contributed by atoms with Gasteiger partial charge < -0.3 is 15.4 Å². The van der Waals surface area contributed by atoms with E-state index in [-0.39, 0.29) is 11.3 Å². The van der Waals surface area contributed by atoms with Crippen molar-refractivity contribution in [1.82, 2.24) is 9.97 Å². The predicted octanol–water partition coefficient (Wildman–Crippen LogP) is 1.88. The molecule has 1 rings (SSSR count). The monoisotopic (exact) mass is 258 g/mol. The number of nitrogens with two attached hydrogens (primary N) is 1. The molecule has 0 amide bonds. The summed E-state index contributed by atoms with van der Waals surface area (Å²) in [4.78, 5) is 10.3. The first-order chi connectivity index (χ1) is 7.97. The second-order valence-electron chi connectivity index (χ2n) is 4.10. The maximum absolute atomic E-state index is 6.00. The van der Waals surface area contributed by atoms with Gasteiger partial charge in [-0.25, -0.2) is 4.98 Å². The van der Waals surface area contributed by atoms with Gasteiger partial charge in [0.15, 0.2) is 5.82 Å². The minimum atomic E-state index is 0.217. The zero-order chi connectivity index (χ0) is 13.0. The molecular weight excluding hydrogens is 240 g/mol. The largest absolute Gasteiger partial charge is 0.394 e. The maximum atomic E-state index is 6.00. The van der Waals surface area contributed by atoms with Crippen molar-refractivity contribution in [2.75, 3.05) is 30.9 Å². The molecule has 1 aromatic rings. The van der Waals surface area contributed by atoms with Gasteiger partial charge in [-0.2, -0.15) is 4.98 Å². The molecule has 5 nitrogen and oxygen atoms in total. The van der Waals surface area contributed by atoms with Crippen LogP contribution in [0.2, 0.25) is 5.28 Å². The van der Waals surface area contributed by atoms with Gasteiger partial charge in [0, 0.05) is 19.7 Å². The van der Waals surface area contributed by atoms with Gasteiger partial charge in [-0.3, -0.25) is 0 Å². The molecule has 1 heterocycles. The molecule has 0 radical (unpaired) electrons. The molecule has 0 aliphatic rings. The Morgan fingerprint density at radius 2 is 2.06 bits per heavy atom. The summed E-state index contributed by atoms with van der Waals surface area (Å²) in [5, 5.41) is 0.217. The molecule has 0 aromatic carbocycles. The van der Waals surface area contributed by atoms with Gasteiger partial charge in [0.2, 0.25) is 5.28 Å². The number of ether oxygens (including phenoxy) is 1. The molecule has 6 heteroatoms. The first-order valence-electron chi connectivity index (χ1n) is 5.52. The van der Waals surface area contributed by atoms with Gasteiger partial charge in [0.1, 0.15) is 0 Å². The van der Waals surface area contributed by atoms with Crippen LogP contribution >= 0.6 is 11.6 Å². The maximum Gasteiger partial charge on any atom is 0.224 e. The lowest BCUT2D eigenvalue weighted by Gasteiger charge is -2.28. The average Bonchev–Trinajstić information content (AvgIpc) is 2.24. The van der Waals surface area contributed by atoms with Crippen molar-refractivity contribution in [2.24, 2.45) is 0 Å². The molecule has 0 aliphatic carbocycles. The summed E-state index contributed by atoms with van der Waals surface area (Å²) >= 11 is 5.87. The first-order valence-corrected chi connectivity index (χ1v) is 5.90. The van der Waals surface area contributed by atoms with Crippen LogP contribution in [0.25, 0.3) is 0 Å². The van der Waals surface area contributed by atoms with Gasteiger partial charge in [-0.05, 0) is 32.4 Å². The van der Waals surface area contributed by atoms with Gasteiger partial charge in [-0.15, -0.1) is 0 Å². The van der Waals surface area contributed by atoms with Gasteiger partial charge in [0.25, 0.3) is 0 Å². The third-order valence-corrected chi connectivity index (χ3v) is 2.69. The number of aryl methyl sites for hydroxylation is 1. The van der Waals surface area contributed by atoms with Crippen molar-refractivity contribution >= 4 is 23.1 Å². The topological polar surface area (TPSA) is 64.3 Å². The number of anilines is 2. The van der Waals surface area contributed by atoms with E-state index >= 15 is 0 Å². The molecule has 0 atom stereocenters. The van der Waals surface area contributed by atoms with Crippen molar-refractivity contribution < 1.29 is 4.74 Å². The standard InChI is InChI=1S/C11H19ClN4O/c1-7(2)16(5-6-17-4)10-9(13)8(3)14-11(12)15-10/h7H,5-6,13H2,1-4H3. The second kappa shape index (κ2) is 6.02. The molecule has 0 spiro atoms. The Balaban J connectivity index is 3.09. The van der Waals surface area contributed by atoms with Crippen LogP contribution in [-0.2, 0) is 4.74 Å². The van der Waals surface area contributed by atoms with Crippen LogP contribution in [0.3, 0.4) is 0 Å². The normalized spacial score (nSPS) is 10.9. The average molecular weight is 259 g/mol. The quantitative estimate of drug-likeness (QED) is 0.817. The summed E-state index contributed by atoms with van der Waals surface area (Å²) in [7, 11) is 1.67. The molecule has 0 saturated heterocycles. The Labute approximate surface area is 107 Å². The van der Waals surface area contributed by atoms with E-state index in [0.717, 1.165) is 0 Å². The van der Waals surface area contributed by atoms with Crippen LogP contribution < -0.4 is 10.6 Å². The van der Waals surface area contributed by atoms with Crippen LogP contribution in [0.4, 0.5) is 11.5 Å². The Morgan fingerprint density at radius 1 is 1.41 bits per heavy atom. The summed E-state index contributed by atoms with van der Waals surface area (Å²) in [5.41, 5.74) is 7.26. The van der Waals surface area contributed by atoms with Gasteiger partial charge in [-0.1, -0.05) is 0 Å². The van der Waals surface area contributed by atoms with Crippen LogP contribution in [0, 0.1) is 6.92 Å². The molecular formula is C11H19ClN4O. The van der Waals surface area contributed by atoms with E-state index in [0.29, 0.717) is 30.4 Å². The second-order valence-corrected chi connectivity index (χ2v) is 4.43. The van der Waals surface area contributed by atoms with E-state index < -0.39 is 0 Å². The highest BCUT2D eigenvalue weighted by molar-refractivity contribution is 6.28. The molecule has 2 N–H and O–H groups in total. The summed E-state index contributed by atoms with van der Waals surface area (Å²) in [5.74, 6) is 0.676. The lowest BCUT2D eigenvalue weighted by Crippen LogP contribution is -2.35. The minimum Gasteiger partial charge on any atom is -0.394 e. The summed E-state index contributed by atoms with van der Waals surface area (Å²) in [6.45, 7) is 7.28. The molecule has 0 bridgehead atoms. The van der Waals surface area contributed by atoms with Crippen molar-refractivity contribution in [3.05, 3.63) is 11.0 Å². The van der Waals surface area contributed by atoms with E-state index in [4.69, 9.17) is 22.1 Å². The summed E-state index contributed by atoms with van der Waals surface area (Å²) < 4.78 is 5.09. The van der Waals surface area contributed by atoms with Crippen molar-refractivity contribution in [2.45, 2.75) is 26.8 Å². The fourth-order valence-corrected chi connectivity index (χ4v) is 1.76. The number of aromatic nitrogens is 2. The lowest BCUT2D eigenvalue weighted by atomic mass is 10.2. The van der Waals surface area contributed by atoms with Crippen molar-refractivity contribution in [3.63, 3.8) is 0 Å². The molecule has 0 aliphatic heterocycles. The Kier molecular flexibility index (Phi) is 4.96. The number of nitrogens with zero attached hydrogens (tertiary/aromatic N) is 3. The highest BCUT2D eigenvalue weighted by Gasteiger charge is 2.17. The Bertz CT molecular complexity index is 384. The molecule has 0 unspecified atom stereocenters.